The molecule has 1 rings (SSSR count). The van der Waals surface area contributed by atoms with Gasteiger partial charge in [0, 0.05) is 0 Å². The lowest BCUT2D eigenvalue weighted by Crippen LogP contribution is -1.84. The molecule has 1 N–H and O–H groups in total. The Labute approximate surface area is 71.4 Å². The van der Waals surface area contributed by atoms with Gasteiger partial charge in [-0.3, -0.25) is 0 Å². The summed E-state index contributed by atoms with van der Waals surface area (Å²) in [5.74, 6) is 0.0590. The Morgan fingerprint density at radius 2 is 1.92 bits per heavy atom. The lowest BCUT2D eigenvalue weighted by atomic mass is 10.1. The van der Waals surface area contributed by atoms with Gasteiger partial charge in [0.2, 0.25) is 0 Å². The summed E-state index contributed by atoms with van der Waals surface area (Å²) in [6.45, 7) is 1.51. The van der Waals surface area contributed by atoms with Crippen molar-refractivity contribution in [2.75, 3.05) is 0 Å². The maximum atomic E-state index is 9.12. The maximum absolute atomic E-state index is 9.12. The van der Waals surface area contributed by atoms with Crippen LogP contribution in [-0.4, -0.2) is 5.11 Å². The van der Waals surface area contributed by atoms with Crippen LogP contribution >= 0.6 is 0 Å². The summed E-state index contributed by atoms with van der Waals surface area (Å²) in [7, 11) is 0. The smallest absolute Gasteiger partial charge is 0.107 e. The fourth-order valence-corrected chi connectivity index (χ4v) is 0.959. The highest BCUT2D eigenvalue weighted by molar-refractivity contribution is 5.77. The van der Waals surface area contributed by atoms with Gasteiger partial charge in [-0.05, 0) is 12.5 Å². The molecule has 2 heteroatoms. The molecule has 0 unspecified atom stereocenters. The third kappa shape index (κ3) is 1.64. The Morgan fingerprint density at radius 3 is 2.33 bits per heavy atom. The van der Waals surface area contributed by atoms with Gasteiger partial charge in [-0.1, -0.05) is 30.3 Å². The highest BCUT2D eigenvalue weighted by atomic mass is 16.3. The van der Waals surface area contributed by atoms with Gasteiger partial charge >= 0.3 is 0 Å². The topological polar surface area (TPSA) is 44.0 Å². The van der Waals surface area contributed by atoms with Crippen molar-refractivity contribution in [3.63, 3.8) is 0 Å². The second-order valence-electron chi connectivity index (χ2n) is 2.44. The van der Waals surface area contributed by atoms with Gasteiger partial charge in [0.1, 0.15) is 11.8 Å². The molecule has 0 aromatic heterocycles. The fourth-order valence-electron chi connectivity index (χ4n) is 0.959. The minimum absolute atomic E-state index is 0.0590. The quantitative estimate of drug-likeness (QED) is 0.505. The zero-order chi connectivity index (χ0) is 8.97. The molecule has 0 aliphatic rings. The predicted molar refractivity (Wildman–Crippen MR) is 47.3 cm³/mol. The maximum Gasteiger partial charge on any atom is 0.107 e. The van der Waals surface area contributed by atoms with Crippen LogP contribution in [0.4, 0.5) is 0 Å². The van der Waals surface area contributed by atoms with Crippen molar-refractivity contribution in [3.8, 4) is 6.07 Å². The van der Waals surface area contributed by atoms with Crippen LogP contribution in [0.25, 0.3) is 5.57 Å². The van der Waals surface area contributed by atoms with E-state index in [9.17, 15) is 0 Å². The second-order valence-corrected chi connectivity index (χ2v) is 2.44. The number of nitrogens with zero attached hydrogens (tertiary/aromatic N) is 1. The van der Waals surface area contributed by atoms with Crippen LogP contribution < -0.4 is 0 Å². The summed E-state index contributed by atoms with van der Waals surface area (Å²) >= 11 is 0. The van der Waals surface area contributed by atoms with Gasteiger partial charge in [0.25, 0.3) is 0 Å². The van der Waals surface area contributed by atoms with E-state index in [-0.39, 0.29) is 5.76 Å². The van der Waals surface area contributed by atoms with Crippen LogP contribution in [0.5, 0.6) is 0 Å². The molecule has 0 aliphatic carbocycles. The van der Waals surface area contributed by atoms with Crippen LogP contribution in [0.1, 0.15) is 12.5 Å². The summed E-state index contributed by atoms with van der Waals surface area (Å²) in [6, 6.07) is 11.1. The predicted octanol–water partition coefficient (Wildman–Crippen LogP) is 2.50. The fraction of sp³-hybridized carbons (Fsp3) is 0.100. The molecule has 0 spiro atoms. The van der Waals surface area contributed by atoms with Crippen molar-refractivity contribution in [1.82, 2.24) is 0 Å². The summed E-state index contributed by atoms with van der Waals surface area (Å²) in [6.07, 6.45) is 0. The summed E-state index contributed by atoms with van der Waals surface area (Å²) in [5, 5.41) is 17.8. The molecule has 2 nitrogen and oxygen atoms in total. The van der Waals surface area contributed by atoms with Crippen molar-refractivity contribution < 1.29 is 5.11 Å². The van der Waals surface area contributed by atoms with Gasteiger partial charge in [-0.2, -0.15) is 5.26 Å². The standard InChI is InChI=1S/C10H9NO/c1-8(12)10(7-11)9-5-3-2-4-6-9/h2-6,12H,1H3/b10-8+. The SMILES string of the molecule is C/C(O)=C(/C#N)c1ccccc1. The molecule has 0 saturated carbocycles. The molecular weight excluding hydrogens is 150 g/mol. The van der Waals surface area contributed by atoms with E-state index in [2.05, 4.69) is 0 Å². The van der Waals surface area contributed by atoms with Gasteiger partial charge in [0.05, 0.1) is 5.57 Å². The van der Waals surface area contributed by atoms with E-state index in [1.807, 2.05) is 24.3 Å². The zero-order valence-corrected chi connectivity index (χ0v) is 6.78. The Balaban J connectivity index is 3.17. The number of hydrogen-bond acceptors (Lipinski definition) is 2. The lowest BCUT2D eigenvalue weighted by molar-refractivity contribution is 0.418. The minimum atomic E-state index is 0.0590. The Morgan fingerprint density at radius 1 is 1.33 bits per heavy atom. The molecule has 0 amide bonds. The summed E-state index contributed by atoms with van der Waals surface area (Å²) < 4.78 is 0. The molecule has 1 aromatic carbocycles. The first-order chi connectivity index (χ1) is 5.75. The minimum Gasteiger partial charge on any atom is -0.511 e. The normalized spacial score (nSPS) is 11.7. The van der Waals surface area contributed by atoms with Crippen molar-refractivity contribution in [3.05, 3.63) is 41.7 Å². The van der Waals surface area contributed by atoms with Crippen molar-refractivity contribution in [2.45, 2.75) is 6.92 Å². The molecule has 0 heterocycles. The van der Waals surface area contributed by atoms with Crippen molar-refractivity contribution in [2.24, 2.45) is 0 Å². The number of aliphatic hydroxyl groups is 1. The molecule has 0 aliphatic heterocycles. The average molecular weight is 159 g/mol. The van der Waals surface area contributed by atoms with Gasteiger partial charge in [-0.15, -0.1) is 0 Å². The molecule has 60 valence electrons. The zero-order valence-electron chi connectivity index (χ0n) is 6.78. The van der Waals surface area contributed by atoms with Crippen LogP contribution in [0.15, 0.2) is 36.1 Å². The van der Waals surface area contributed by atoms with E-state index in [1.165, 1.54) is 6.92 Å². The largest absolute Gasteiger partial charge is 0.511 e. The molecule has 0 saturated heterocycles. The van der Waals surface area contributed by atoms with E-state index >= 15 is 0 Å². The van der Waals surface area contributed by atoms with E-state index in [1.54, 1.807) is 12.1 Å². The lowest BCUT2D eigenvalue weighted by Gasteiger charge is -1.98. The van der Waals surface area contributed by atoms with Crippen LogP contribution in [-0.2, 0) is 0 Å². The number of rotatable bonds is 1. The number of aliphatic hydroxyl groups excluding tert-OH is 1. The molecular formula is C10H9NO. The number of hydrogen-bond donors (Lipinski definition) is 1. The summed E-state index contributed by atoms with van der Waals surface area (Å²) in [5.41, 5.74) is 1.08. The van der Waals surface area contributed by atoms with Crippen molar-refractivity contribution >= 4 is 5.57 Å². The third-order valence-corrected chi connectivity index (χ3v) is 1.54. The van der Waals surface area contributed by atoms with E-state index < -0.39 is 0 Å². The van der Waals surface area contributed by atoms with E-state index in [0.717, 1.165) is 5.56 Å². The first kappa shape index (κ1) is 8.35. The molecule has 0 atom stereocenters. The third-order valence-electron chi connectivity index (χ3n) is 1.54. The number of nitriles is 1. The van der Waals surface area contributed by atoms with Gasteiger partial charge in [-0.25, -0.2) is 0 Å². The molecule has 0 fully saturated rings. The van der Waals surface area contributed by atoms with Crippen molar-refractivity contribution in [1.29, 1.82) is 5.26 Å². The first-order valence-corrected chi connectivity index (χ1v) is 3.61. The van der Waals surface area contributed by atoms with Gasteiger partial charge < -0.3 is 5.11 Å². The number of allylic oxidation sites excluding steroid dienone is 2. The Kier molecular flexibility index (Phi) is 2.49. The monoisotopic (exact) mass is 159 g/mol. The van der Waals surface area contributed by atoms with Crippen LogP contribution in [0, 0.1) is 11.3 Å². The molecule has 0 radical (unpaired) electrons. The van der Waals surface area contributed by atoms with Crippen LogP contribution in [0.3, 0.4) is 0 Å². The summed E-state index contributed by atoms with van der Waals surface area (Å²) in [4.78, 5) is 0. The molecule has 0 bridgehead atoms. The average Bonchev–Trinajstić information content (AvgIpc) is 2.07. The van der Waals surface area contributed by atoms with E-state index in [4.69, 9.17) is 10.4 Å². The highest BCUT2D eigenvalue weighted by Gasteiger charge is 2.02. The second kappa shape index (κ2) is 3.59. The number of benzene rings is 1. The molecule has 1 aromatic rings. The molecule has 12 heavy (non-hydrogen) atoms. The van der Waals surface area contributed by atoms with Crippen LogP contribution in [0.2, 0.25) is 0 Å². The Bertz CT molecular complexity index is 329. The van der Waals surface area contributed by atoms with E-state index in [0.29, 0.717) is 5.57 Å². The Hall–Kier alpha value is -1.75. The van der Waals surface area contributed by atoms with Gasteiger partial charge in [0.15, 0.2) is 0 Å². The first-order valence-electron chi connectivity index (χ1n) is 3.61. The highest BCUT2D eigenvalue weighted by Crippen LogP contribution is 2.15.